The van der Waals surface area contributed by atoms with Gasteiger partial charge in [-0.05, 0) is 24.3 Å². The number of carbonyl (C=O) groups excluding carboxylic acids is 1. The van der Waals surface area contributed by atoms with E-state index in [1.165, 1.54) is 33.5 Å². The quantitative estimate of drug-likeness (QED) is 0.670. The largest absolute Gasteiger partial charge is 0.494 e. The zero-order chi connectivity index (χ0) is 16.3. The third-order valence-corrected chi connectivity index (χ3v) is 5.13. The van der Waals surface area contributed by atoms with E-state index in [0.29, 0.717) is 45.4 Å². The molecule has 0 radical (unpaired) electrons. The average molecular weight is 345 g/mol. The molecular weight excluding hydrogens is 323 g/mol. The van der Waals surface area contributed by atoms with Crippen LogP contribution in [0.4, 0.5) is 0 Å². The highest BCUT2D eigenvalue weighted by molar-refractivity contribution is 6.37. The smallest absolute Gasteiger partial charge is 0.170 e. The molecule has 0 bridgehead atoms. The van der Waals surface area contributed by atoms with Gasteiger partial charge in [0.1, 0.15) is 5.56 Å². The highest BCUT2D eigenvalue weighted by Crippen LogP contribution is 2.43. The van der Waals surface area contributed by atoms with Gasteiger partial charge >= 0.3 is 0 Å². The van der Waals surface area contributed by atoms with Crippen LogP contribution in [0.25, 0.3) is 0 Å². The minimum Gasteiger partial charge on any atom is -0.494 e. The van der Waals surface area contributed by atoms with Crippen molar-refractivity contribution in [3.05, 3.63) is 21.7 Å². The van der Waals surface area contributed by atoms with Crippen LogP contribution >= 0.6 is 23.2 Å². The number of hydrogen-bond acceptors (Lipinski definition) is 3. The topological polar surface area (TPSA) is 35.5 Å². The van der Waals surface area contributed by atoms with Gasteiger partial charge < -0.3 is 9.47 Å². The number of halogens is 2. The summed E-state index contributed by atoms with van der Waals surface area (Å²) in [7, 11) is 2.99. The van der Waals surface area contributed by atoms with Gasteiger partial charge in [-0.15, -0.1) is 0 Å². The van der Waals surface area contributed by atoms with Gasteiger partial charge in [0.05, 0.1) is 24.3 Å². The van der Waals surface area contributed by atoms with E-state index in [2.05, 4.69) is 6.92 Å². The lowest BCUT2D eigenvalue weighted by molar-refractivity contribution is 0.0921. The monoisotopic (exact) mass is 344 g/mol. The second-order valence-electron chi connectivity index (χ2n) is 5.93. The summed E-state index contributed by atoms with van der Waals surface area (Å²) < 4.78 is 10.6. The molecule has 2 unspecified atom stereocenters. The van der Waals surface area contributed by atoms with Crippen molar-refractivity contribution in [3.63, 3.8) is 0 Å². The third-order valence-electron chi connectivity index (χ3n) is 4.57. The summed E-state index contributed by atoms with van der Waals surface area (Å²) in [5.74, 6) is 1.63. The zero-order valence-electron chi connectivity index (χ0n) is 13.2. The van der Waals surface area contributed by atoms with Gasteiger partial charge in [-0.3, -0.25) is 4.79 Å². The minimum atomic E-state index is -0.0168. The van der Waals surface area contributed by atoms with Crippen LogP contribution in [0.1, 0.15) is 49.4 Å². The van der Waals surface area contributed by atoms with Crippen LogP contribution in [-0.2, 0) is 0 Å². The molecule has 0 amide bonds. The fourth-order valence-electron chi connectivity index (χ4n) is 3.27. The van der Waals surface area contributed by atoms with Crippen molar-refractivity contribution in [2.24, 2.45) is 11.8 Å². The summed E-state index contributed by atoms with van der Waals surface area (Å²) in [6.45, 7) is 2.22. The Morgan fingerprint density at radius 1 is 1.14 bits per heavy atom. The van der Waals surface area contributed by atoms with E-state index in [0.717, 1.165) is 6.42 Å². The summed E-state index contributed by atoms with van der Waals surface area (Å²) >= 11 is 12.3. The predicted molar refractivity (Wildman–Crippen MR) is 89.6 cm³/mol. The molecule has 5 heteroatoms. The van der Waals surface area contributed by atoms with Gasteiger partial charge in [-0.25, -0.2) is 0 Å². The molecule has 1 aliphatic rings. The Hall–Kier alpha value is -0.930. The fraction of sp³-hybridized carbons (Fsp3) is 0.588. The van der Waals surface area contributed by atoms with Gasteiger partial charge in [0.25, 0.3) is 0 Å². The maximum absolute atomic E-state index is 12.8. The molecule has 1 saturated carbocycles. The van der Waals surface area contributed by atoms with Gasteiger partial charge in [0.15, 0.2) is 17.3 Å². The average Bonchev–Trinajstić information content (AvgIpc) is 2.49. The number of hydrogen-bond donors (Lipinski definition) is 0. The number of methoxy groups -OCH3 is 2. The van der Waals surface area contributed by atoms with E-state index < -0.39 is 0 Å². The molecule has 0 spiro atoms. The molecule has 0 aromatic heterocycles. The van der Waals surface area contributed by atoms with Crippen molar-refractivity contribution in [1.29, 1.82) is 0 Å². The molecular formula is C17H22Cl2O3. The lowest BCUT2D eigenvalue weighted by atomic mass is 9.77. The number of benzene rings is 1. The standard InChI is InChI=1S/C17H22Cl2O3/c1-10-6-4-5-7-11(10)8-14(20)15-16(21-2)12(18)9-13(19)17(15)22-3/h9-11H,4-8H2,1-3H3. The molecule has 2 rings (SSSR count). The molecule has 1 aromatic rings. The van der Waals surface area contributed by atoms with E-state index >= 15 is 0 Å². The second-order valence-corrected chi connectivity index (χ2v) is 6.75. The van der Waals surface area contributed by atoms with Crippen molar-refractivity contribution in [2.45, 2.75) is 39.0 Å². The minimum absolute atomic E-state index is 0.0168. The molecule has 122 valence electrons. The maximum atomic E-state index is 12.8. The van der Waals surface area contributed by atoms with Crippen molar-refractivity contribution in [3.8, 4) is 11.5 Å². The first-order valence-electron chi connectivity index (χ1n) is 7.62. The molecule has 0 N–H and O–H groups in total. The number of carbonyl (C=O) groups is 1. The van der Waals surface area contributed by atoms with Gasteiger partial charge in [-0.1, -0.05) is 49.4 Å². The highest BCUT2D eigenvalue weighted by Gasteiger charge is 2.29. The van der Waals surface area contributed by atoms with Gasteiger partial charge in [-0.2, -0.15) is 0 Å². The summed E-state index contributed by atoms with van der Waals surface area (Å²) in [6.07, 6.45) is 5.19. The number of rotatable bonds is 5. The first-order valence-corrected chi connectivity index (χ1v) is 8.38. The lowest BCUT2D eigenvalue weighted by Gasteiger charge is -2.28. The summed E-state index contributed by atoms with van der Waals surface area (Å²) in [6, 6.07) is 1.54. The van der Waals surface area contributed by atoms with E-state index in [4.69, 9.17) is 32.7 Å². The van der Waals surface area contributed by atoms with Gasteiger partial charge in [0, 0.05) is 6.42 Å². The number of ketones is 1. The molecule has 0 aliphatic heterocycles. The van der Waals surface area contributed by atoms with E-state index in [1.54, 1.807) is 6.07 Å². The first-order chi connectivity index (χ1) is 10.5. The predicted octanol–water partition coefficient (Wildman–Crippen LogP) is 5.41. The maximum Gasteiger partial charge on any atom is 0.170 e. The van der Waals surface area contributed by atoms with E-state index in [1.807, 2.05) is 0 Å². The van der Waals surface area contributed by atoms with Crippen molar-refractivity contribution in [2.75, 3.05) is 14.2 Å². The third kappa shape index (κ3) is 3.52. The Kier molecular flexibility index (Phi) is 5.99. The molecule has 3 nitrogen and oxygen atoms in total. The van der Waals surface area contributed by atoms with Crippen LogP contribution in [0.2, 0.25) is 10.0 Å². The van der Waals surface area contributed by atoms with E-state index in [-0.39, 0.29) is 5.78 Å². The van der Waals surface area contributed by atoms with Gasteiger partial charge in [0.2, 0.25) is 0 Å². The van der Waals surface area contributed by atoms with Crippen LogP contribution in [0.3, 0.4) is 0 Å². The molecule has 1 aliphatic carbocycles. The normalized spacial score (nSPS) is 21.5. The van der Waals surface area contributed by atoms with Crippen LogP contribution in [0.15, 0.2) is 6.07 Å². The molecule has 0 saturated heterocycles. The Labute approximate surface area is 141 Å². The number of Topliss-reactive ketones (excluding diaryl/α,β-unsaturated/α-hetero) is 1. The SMILES string of the molecule is COc1c(Cl)cc(Cl)c(OC)c1C(=O)CC1CCCCC1C. The summed E-state index contributed by atoms with van der Waals surface area (Å²) in [5.41, 5.74) is 0.361. The van der Waals surface area contributed by atoms with Crippen LogP contribution in [0.5, 0.6) is 11.5 Å². The highest BCUT2D eigenvalue weighted by atomic mass is 35.5. The lowest BCUT2D eigenvalue weighted by Crippen LogP contribution is -2.20. The van der Waals surface area contributed by atoms with Crippen LogP contribution in [-0.4, -0.2) is 20.0 Å². The fourth-order valence-corrected chi connectivity index (χ4v) is 3.89. The number of ether oxygens (including phenoxy) is 2. The molecule has 0 heterocycles. The first kappa shape index (κ1) is 17.4. The van der Waals surface area contributed by atoms with Crippen molar-refractivity contribution in [1.82, 2.24) is 0 Å². The second kappa shape index (κ2) is 7.56. The Bertz CT molecular complexity index is 529. The molecule has 1 aromatic carbocycles. The van der Waals surface area contributed by atoms with Crippen LogP contribution < -0.4 is 9.47 Å². The van der Waals surface area contributed by atoms with Crippen molar-refractivity contribution >= 4 is 29.0 Å². The van der Waals surface area contributed by atoms with Crippen LogP contribution in [0, 0.1) is 11.8 Å². The van der Waals surface area contributed by atoms with Crippen molar-refractivity contribution < 1.29 is 14.3 Å². The summed E-state index contributed by atoms with van der Waals surface area (Å²) in [5, 5.41) is 0.654. The Morgan fingerprint density at radius 2 is 1.68 bits per heavy atom. The summed E-state index contributed by atoms with van der Waals surface area (Å²) in [4.78, 5) is 12.8. The Balaban J connectivity index is 2.35. The molecule has 1 fully saturated rings. The zero-order valence-corrected chi connectivity index (χ0v) is 14.8. The Morgan fingerprint density at radius 3 is 2.18 bits per heavy atom. The molecule has 2 atom stereocenters. The van der Waals surface area contributed by atoms with E-state index in [9.17, 15) is 4.79 Å². The molecule has 22 heavy (non-hydrogen) atoms.